The fourth-order valence-electron chi connectivity index (χ4n) is 4.31. The molecular formula is C28H33ClFN3O5. The van der Waals surface area contributed by atoms with Gasteiger partial charge in [-0.2, -0.15) is 0 Å². The topological polar surface area (TPSA) is 125 Å². The van der Waals surface area contributed by atoms with Crippen LogP contribution in [0.5, 0.6) is 0 Å². The molecule has 2 aromatic carbocycles. The summed E-state index contributed by atoms with van der Waals surface area (Å²) in [4.78, 5) is 28.7. The standard InChI is InChI=1S/C28H33ClFN3O5/c1-17(2)26-25(28(38)31-13-11-18-3-7-20(29)8-4-18)32-27(19-5-9-21(30)10-6-19)33(26)14-12-22(34)15-23(35)16-24(36)37/h3-10,17,22-23,34-35H,11-16H2,1-2H3,(H,31,38)(H,36,37)/t22-,23-/m1/s1. The smallest absolute Gasteiger partial charge is 0.305 e. The first-order valence-electron chi connectivity index (χ1n) is 12.5. The van der Waals surface area contributed by atoms with Crippen LogP contribution in [0.3, 0.4) is 0 Å². The van der Waals surface area contributed by atoms with E-state index in [2.05, 4.69) is 10.3 Å². The van der Waals surface area contributed by atoms with Gasteiger partial charge in [-0.25, -0.2) is 9.37 Å². The van der Waals surface area contributed by atoms with Gasteiger partial charge in [-0.15, -0.1) is 0 Å². The second-order valence-corrected chi connectivity index (χ2v) is 9.98. The number of amides is 1. The first-order valence-corrected chi connectivity index (χ1v) is 12.9. The Balaban J connectivity index is 1.85. The van der Waals surface area contributed by atoms with Crippen molar-refractivity contribution in [1.29, 1.82) is 0 Å². The average Bonchev–Trinajstić information content (AvgIpc) is 3.24. The molecule has 0 aliphatic rings. The number of carbonyl (C=O) groups excluding carboxylic acids is 1. The molecular weight excluding hydrogens is 513 g/mol. The van der Waals surface area contributed by atoms with E-state index >= 15 is 0 Å². The number of carbonyl (C=O) groups is 2. The molecule has 0 aliphatic carbocycles. The highest BCUT2D eigenvalue weighted by molar-refractivity contribution is 6.30. The molecule has 0 saturated carbocycles. The fourth-order valence-corrected chi connectivity index (χ4v) is 4.44. The van der Waals surface area contributed by atoms with Crippen LogP contribution in [-0.2, 0) is 17.8 Å². The van der Waals surface area contributed by atoms with Crippen LogP contribution in [0.2, 0.25) is 5.02 Å². The van der Waals surface area contributed by atoms with E-state index in [1.54, 1.807) is 24.3 Å². The molecule has 0 saturated heterocycles. The molecule has 0 spiro atoms. The number of aliphatic carboxylic acids is 1. The second kappa shape index (κ2) is 13.5. The number of nitrogens with zero attached hydrogens (tertiary/aromatic N) is 2. The lowest BCUT2D eigenvalue weighted by Gasteiger charge is -2.19. The van der Waals surface area contributed by atoms with Gasteiger partial charge in [-0.1, -0.05) is 37.6 Å². The predicted molar refractivity (Wildman–Crippen MR) is 143 cm³/mol. The molecule has 3 aromatic rings. The number of halogens is 2. The van der Waals surface area contributed by atoms with E-state index in [4.69, 9.17) is 16.7 Å². The number of aliphatic hydroxyl groups excluding tert-OH is 2. The lowest BCUT2D eigenvalue weighted by atomic mass is 10.0. The van der Waals surface area contributed by atoms with E-state index < -0.39 is 30.4 Å². The Bertz CT molecular complexity index is 1230. The van der Waals surface area contributed by atoms with Gasteiger partial charge in [0.15, 0.2) is 0 Å². The molecule has 38 heavy (non-hydrogen) atoms. The summed E-state index contributed by atoms with van der Waals surface area (Å²) in [6, 6.07) is 13.2. The van der Waals surface area contributed by atoms with Crippen molar-refractivity contribution in [1.82, 2.24) is 14.9 Å². The van der Waals surface area contributed by atoms with Gasteiger partial charge >= 0.3 is 5.97 Å². The van der Waals surface area contributed by atoms with E-state index in [0.717, 1.165) is 5.56 Å². The number of nitrogens with one attached hydrogen (secondary N) is 1. The molecule has 1 aromatic heterocycles. The van der Waals surface area contributed by atoms with Crippen LogP contribution in [0.4, 0.5) is 4.39 Å². The third-order valence-corrected chi connectivity index (χ3v) is 6.38. The lowest BCUT2D eigenvalue weighted by molar-refractivity contribution is -0.139. The molecule has 0 unspecified atom stereocenters. The first kappa shape index (κ1) is 29.3. The number of hydrogen-bond acceptors (Lipinski definition) is 5. The van der Waals surface area contributed by atoms with Gasteiger partial charge in [-0.05, 0) is 67.1 Å². The summed E-state index contributed by atoms with van der Waals surface area (Å²) < 4.78 is 15.4. The largest absolute Gasteiger partial charge is 0.481 e. The number of carboxylic acids is 1. The minimum atomic E-state index is -1.17. The van der Waals surface area contributed by atoms with Crippen molar-refractivity contribution in [3.8, 4) is 11.4 Å². The molecule has 0 bridgehead atoms. The zero-order chi connectivity index (χ0) is 27.8. The molecule has 1 amide bonds. The first-order chi connectivity index (χ1) is 18.0. The van der Waals surface area contributed by atoms with Crippen molar-refractivity contribution in [2.45, 2.75) is 64.2 Å². The highest BCUT2D eigenvalue weighted by Crippen LogP contribution is 2.29. The summed E-state index contributed by atoms with van der Waals surface area (Å²) in [5.41, 5.74) is 2.53. The van der Waals surface area contributed by atoms with Gasteiger partial charge in [-0.3, -0.25) is 9.59 Å². The predicted octanol–water partition coefficient (Wildman–Crippen LogP) is 4.42. The van der Waals surface area contributed by atoms with Crippen LogP contribution in [0.1, 0.15) is 60.8 Å². The maximum Gasteiger partial charge on any atom is 0.305 e. The Morgan fingerprint density at radius 2 is 1.71 bits per heavy atom. The average molecular weight is 546 g/mol. The van der Waals surface area contributed by atoms with Gasteiger partial charge in [0, 0.05) is 23.7 Å². The molecule has 1 heterocycles. The van der Waals surface area contributed by atoms with Crippen molar-refractivity contribution < 1.29 is 29.3 Å². The second-order valence-electron chi connectivity index (χ2n) is 9.54. The van der Waals surface area contributed by atoms with Crippen LogP contribution in [0.25, 0.3) is 11.4 Å². The van der Waals surface area contributed by atoms with Crippen molar-refractivity contribution in [3.05, 3.63) is 76.3 Å². The number of benzene rings is 2. The van der Waals surface area contributed by atoms with Gasteiger partial charge < -0.3 is 25.2 Å². The molecule has 0 fully saturated rings. The number of hydrogen-bond donors (Lipinski definition) is 4. The quantitative estimate of drug-likeness (QED) is 0.252. The highest BCUT2D eigenvalue weighted by atomic mass is 35.5. The molecule has 0 aliphatic heterocycles. The van der Waals surface area contributed by atoms with E-state index in [0.29, 0.717) is 35.1 Å². The molecule has 4 N–H and O–H groups in total. The van der Waals surface area contributed by atoms with Crippen molar-refractivity contribution >= 4 is 23.5 Å². The van der Waals surface area contributed by atoms with Gasteiger partial charge in [0.05, 0.1) is 24.3 Å². The van der Waals surface area contributed by atoms with Crippen molar-refractivity contribution in [3.63, 3.8) is 0 Å². The molecule has 2 atom stereocenters. The van der Waals surface area contributed by atoms with E-state index in [1.165, 1.54) is 12.1 Å². The van der Waals surface area contributed by atoms with Gasteiger partial charge in [0.2, 0.25) is 0 Å². The summed E-state index contributed by atoms with van der Waals surface area (Å²) in [5.74, 6) is -1.55. The third-order valence-electron chi connectivity index (χ3n) is 6.12. The Hall–Kier alpha value is -3.27. The normalized spacial score (nSPS) is 12.9. The van der Waals surface area contributed by atoms with E-state index in [-0.39, 0.29) is 36.9 Å². The molecule has 3 rings (SSSR count). The Labute approximate surface area is 226 Å². The van der Waals surface area contributed by atoms with E-state index in [1.807, 2.05) is 30.5 Å². The monoisotopic (exact) mass is 545 g/mol. The summed E-state index contributed by atoms with van der Waals surface area (Å²) in [6.07, 6.45) is -1.89. The van der Waals surface area contributed by atoms with Crippen LogP contribution in [0.15, 0.2) is 48.5 Å². The summed E-state index contributed by atoms with van der Waals surface area (Å²) >= 11 is 5.94. The zero-order valence-corrected chi connectivity index (χ0v) is 22.2. The van der Waals surface area contributed by atoms with Gasteiger partial charge in [0.25, 0.3) is 5.91 Å². The Kier molecular flexibility index (Phi) is 10.4. The Morgan fingerprint density at radius 3 is 2.32 bits per heavy atom. The minimum absolute atomic E-state index is 0.0953. The fraction of sp³-hybridized carbons (Fsp3) is 0.393. The number of imidazole rings is 1. The Morgan fingerprint density at radius 1 is 1.05 bits per heavy atom. The van der Waals surface area contributed by atoms with Crippen LogP contribution >= 0.6 is 11.6 Å². The van der Waals surface area contributed by atoms with Crippen LogP contribution < -0.4 is 5.32 Å². The molecule has 0 radical (unpaired) electrons. The molecule has 8 nitrogen and oxygen atoms in total. The SMILES string of the molecule is CC(C)c1c(C(=O)NCCc2ccc(Cl)cc2)nc(-c2ccc(F)cc2)n1CC[C@@H](O)C[C@@H](O)CC(=O)O. The van der Waals surface area contributed by atoms with E-state index in [9.17, 15) is 24.2 Å². The molecule has 10 heteroatoms. The van der Waals surface area contributed by atoms with Crippen molar-refractivity contribution in [2.24, 2.45) is 0 Å². The number of carboxylic acid groups (broad SMARTS) is 1. The third kappa shape index (κ3) is 8.11. The maximum atomic E-state index is 13.6. The lowest BCUT2D eigenvalue weighted by Crippen LogP contribution is -2.27. The maximum absolute atomic E-state index is 13.6. The minimum Gasteiger partial charge on any atom is -0.481 e. The number of aliphatic hydroxyl groups is 2. The van der Waals surface area contributed by atoms with Gasteiger partial charge in [0.1, 0.15) is 17.3 Å². The van der Waals surface area contributed by atoms with Crippen LogP contribution in [-0.4, -0.2) is 55.5 Å². The summed E-state index contributed by atoms with van der Waals surface area (Å²) in [5, 5.41) is 32.8. The zero-order valence-electron chi connectivity index (χ0n) is 21.4. The summed E-state index contributed by atoms with van der Waals surface area (Å²) in [6.45, 7) is 4.50. The highest BCUT2D eigenvalue weighted by Gasteiger charge is 2.26. The van der Waals surface area contributed by atoms with Crippen molar-refractivity contribution in [2.75, 3.05) is 6.54 Å². The van der Waals surface area contributed by atoms with Crippen LogP contribution in [0, 0.1) is 5.82 Å². The molecule has 204 valence electrons. The summed E-state index contributed by atoms with van der Waals surface area (Å²) in [7, 11) is 0. The number of aromatic nitrogens is 2. The number of rotatable bonds is 13.